The minimum absolute atomic E-state index is 0.00911. The van der Waals surface area contributed by atoms with Crippen LogP contribution in [0.2, 0.25) is 0 Å². The summed E-state index contributed by atoms with van der Waals surface area (Å²) >= 11 is 6.40. The molecule has 18 heavy (non-hydrogen) atoms. The molecular formula is C10H11Br2N3O3. The molecule has 1 rings (SSSR count). The van der Waals surface area contributed by atoms with Gasteiger partial charge in [0.1, 0.15) is 0 Å². The molecule has 0 radical (unpaired) electrons. The Morgan fingerprint density at radius 2 is 1.89 bits per heavy atom. The van der Waals surface area contributed by atoms with Crippen molar-refractivity contribution in [3.05, 3.63) is 26.6 Å². The van der Waals surface area contributed by atoms with Crippen molar-refractivity contribution >= 4 is 49.5 Å². The Kier molecular flexibility index (Phi) is 5.12. The molecule has 0 atom stereocenters. The van der Waals surface area contributed by atoms with Crippen molar-refractivity contribution in [3.63, 3.8) is 0 Å². The minimum Gasteiger partial charge on any atom is -0.478 e. The number of hydrogen-bond donors (Lipinski definition) is 3. The number of halogens is 2. The Balaban J connectivity index is 3.07. The van der Waals surface area contributed by atoms with Gasteiger partial charge in [-0.05, 0) is 28.1 Å². The second-order valence-electron chi connectivity index (χ2n) is 3.58. The second kappa shape index (κ2) is 6.17. The number of anilines is 1. The van der Waals surface area contributed by atoms with Gasteiger partial charge in [-0.25, -0.2) is 14.6 Å². The van der Waals surface area contributed by atoms with E-state index in [0.29, 0.717) is 8.95 Å². The molecule has 0 saturated heterocycles. The fourth-order valence-corrected chi connectivity index (χ4v) is 2.54. The fraction of sp³-hybridized carbons (Fsp3) is 0.200. The molecule has 0 aromatic heterocycles. The molecule has 98 valence electrons. The summed E-state index contributed by atoms with van der Waals surface area (Å²) < 4.78 is 1.08. The molecule has 3 N–H and O–H groups in total. The lowest BCUT2D eigenvalue weighted by molar-refractivity contribution is 0.0698. The topological polar surface area (TPSA) is 81.7 Å². The number of carbonyl (C=O) groups is 2. The van der Waals surface area contributed by atoms with Gasteiger partial charge in [-0.15, -0.1) is 0 Å². The first-order valence-corrected chi connectivity index (χ1v) is 6.37. The molecule has 0 aliphatic heterocycles. The summed E-state index contributed by atoms with van der Waals surface area (Å²) in [6.07, 6.45) is 0. The maximum Gasteiger partial charge on any atom is 0.337 e. The van der Waals surface area contributed by atoms with Gasteiger partial charge < -0.3 is 10.4 Å². The van der Waals surface area contributed by atoms with Gasteiger partial charge in [0, 0.05) is 23.0 Å². The molecule has 1 aromatic rings. The highest BCUT2D eigenvalue weighted by atomic mass is 79.9. The highest BCUT2D eigenvalue weighted by Crippen LogP contribution is 2.30. The van der Waals surface area contributed by atoms with Crippen LogP contribution in [0.25, 0.3) is 0 Å². The van der Waals surface area contributed by atoms with Crippen molar-refractivity contribution in [2.24, 2.45) is 0 Å². The normalized spacial score (nSPS) is 10.3. The van der Waals surface area contributed by atoms with E-state index in [4.69, 9.17) is 5.11 Å². The van der Waals surface area contributed by atoms with Gasteiger partial charge in [0.2, 0.25) is 0 Å². The van der Waals surface area contributed by atoms with Crippen LogP contribution in [0.5, 0.6) is 0 Å². The lowest BCUT2D eigenvalue weighted by Crippen LogP contribution is -2.39. The molecule has 0 aliphatic rings. The number of carbonyl (C=O) groups excluding carboxylic acids is 1. The van der Waals surface area contributed by atoms with E-state index in [1.807, 2.05) is 0 Å². The number of rotatable bonds is 3. The van der Waals surface area contributed by atoms with Gasteiger partial charge in [0.15, 0.2) is 0 Å². The largest absolute Gasteiger partial charge is 0.478 e. The number of hydrazine groups is 1. The molecule has 0 spiro atoms. The number of nitrogens with one attached hydrogen (secondary N) is 2. The summed E-state index contributed by atoms with van der Waals surface area (Å²) in [5.74, 6) is -1.13. The summed E-state index contributed by atoms with van der Waals surface area (Å²) in [7, 11) is 3.29. The van der Waals surface area contributed by atoms with Crippen molar-refractivity contribution < 1.29 is 14.7 Å². The highest BCUT2D eigenvalue weighted by Gasteiger charge is 2.16. The Morgan fingerprint density at radius 1 is 1.28 bits per heavy atom. The Morgan fingerprint density at radius 3 is 2.39 bits per heavy atom. The van der Waals surface area contributed by atoms with Gasteiger partial charge in [-0.2, -0.15) is 0 Å². The third-order valence-electron chi connectivity index (χ3n) is 1.85. The van der Waals surface area contributed by atoms with Crippen molar-refractivity contribution in [3.8, 4) is 0 Å². The van der Waals surface area contributed by atoms with E-state index in [0.717, 1.165) is 0 Å². The van der Waals surface area contributed by atoms with Crippen molar-refractivity contribution in [2.45, 2.75) is 0 Å². The van der Waals surface area contributed by atoms with Crippen LogP contribution in [-0.2, 0) is 0 Å². The van der Waals surface area contributed by atoms with E-state index in [-0.39, 0.29) is 11.3 Å². The van der Waals surface area contributed by atoms with Crippen LogP contribution in [-0.4, -0.2) is 36.2 Å². The van der Waals surface area contributed by atoms with Crippen LogP contribution in [0, 0.1) is 0 Å². The van der Waals surface area contributed by atoms with Gasteiger partial charge >= 0.3 is 12.0 Å². The van der Waals surface area contributed by atoms with E-state index >= 15 is 0 Å². The van der Waals surface area contributed by atoms with Crippen LogP contribution in [0.1, 0.15) is 10.4 Å². The molecule has 0 bridgehead atoms. The number of carboxylic acids is 1. The van der Waals surface area contributed by atoms with E-state index < -0.39 is 12.0 Å². The molecule has 0 unspecified atom stereocenters. The highest BCUT2D eigenvalue weighted by molar-refractivity contribution is 9.11. The van der Waals surface area contributed by atoms with Crippen LogP contribution < -0.4 is 10.7 Å². The maximum absolute atomic E-state index is 11.5. The summed E-state index contributed by atoms with van der Waals surface area (Å²) in [5.41, 5.74) is 2.65. The van der Waals surface area contributed by atoms with Crippen LogP contribution >= 0.6 is 31.9 Å². The number of amides is 2. The second-order valence-corrected chi connectivity index (χ2v) is 5.35. The summed E-state index contributed by atoms with van der Waals surface area (Å²) in [6, 6.07) is 2.54. The molecule has 0 saturated carbocycles. The summed E-state index contributed by atoms with van der Waals surface area (Å²) in [4.78, 5) is 22.7. The van der Waals surface area contributed by atoms with Gasteiger partial charge in [0.25, 0.3) is 0 Å². The zero-order valence-corrected chi connectivity index (χ0v) is 12.8. The smallest absolute Gasteiger partial charge is 0.337 e. The van der Waals surface area contributed by atoms with Crippen molar-refractivity contribution in [1.29, 1.82) is 0 Å². The SMILES string of the molecule is CN(C)NC(=O)Nc1c(Br)cc(Br)cc1C(=O)O. The van der Waals surface area contributed by atoms with E-state index in [1.54, 1.807) is 20.2 Å². The molecule has 0 heterocycles. The van der Waals surface area contributed by atoms with Crippen LogP contribution in [0.4, 0.5) is 10.5 Å². The van der Waals surface area contributed by atoms with Crippen LogP contribution in [0.15, 0.2) is 21.1 Å². The Labute approximate surface area is 121 Å². The predicted octanol–water partition coefficient (Wildman–Crippen LogP) is 2.51. The predicted molar refractivity (Wildman–Crippen MR) is 74.6 cm³/mol. The molecule has 0 aliphatic carbocycles. The average molecular weight is 381 g/mol. The van der Waals surface area contributed by atoms with Crippen LogP contribution in [0.3, 0.4) is 0 Å². The first-order chi connectivity index (χ1) is 8.31. The van der Waals surface area contributed by atoms with E-state index in [9.17, 15) is 9.59 Å². The molecule has 1 aromatic carbocycles. The zero-order valence-electron chi connectivity index (χ0n) is 9.62. The summed E-state index contributed by atoms with van der Waals surface area (Å²) in [5, 5.41) is 13.0. The molecule has 6 nitrogen and oxygen atoms in total. The number of nitrogens with zero attached hydrogens (tertiary/aromatic N) is 1. The fourth-order valence-electron chi connectivity index (χ4n) is 1.21. The van der Waals surface area contributed by atoms with Crippen molar-refractivity contribution in [1.82, 2.24) is 10.4 Å². The number of benzene rings is 1. The maximum atomic E-state index is 11.5. The number of carboxylic acid groups (broad SMARTS) is 1. The first-order valence-electron chi connectivity index (χ1n) is 4.78. The molecule has 0 fully saturated rings. The lowest BCUT2D eigenvalue weighted by atomic mass is 10.2. The molecule has 2 amide bonds. The third kappa shape index (κ3) is 3.97. The quantitative estimate of drug-likeness (QED) is 0.703. The monoisotopic (exact) mass is 379 g/mol. The van der Waals surface area contributed by atoms with Crippen molar-refractivity contribution in [2.75, 3.05) is 19.4 Å². The Hall–Kier alpha value is -1.12. The molecular weight excluding hydrogens is 370 g/mol. The lowest BCUT2D eigenvalue weighted by Gasteiger charge is -2.15. The van der Waals surface area contributed by atoms with Gasteiger partial charge in [-0.3, -0.25) is 5.43 Å². The standard InChI is InChI=1S/C10H11Br2N3O3/c1-15(2)14-10(18)13-8-6(9(16)17)3-5(11)4-7(8)12/h3-4H,1-2H3,(H,16,17)(H2,13,14,18). The van der Waals surface area contributed by atoms with Gasteiger partial charge in [0.05, 0.1) is 11.3 Å². The number of urea groups is 1. The number of aromatic carboxylic acids is 1. The summed E-state index contributed by atoms with van der Waals surface area (Å²) in [6.45, 7) is 0. The zero-order chi connectivity index (χ0) is 13.9. The Bertz CT molecular complexity index is 492. The third-order valence-corrected chi connectivity index (χ3v) is 2.93. The minimum atomic E-state index is -1.13. The molecule has 8 heteroatoms. The van der Waals surface area contributed by atoms with E-state index in [2.05, 4.69) is 42.6 Å². The average Bonchev–Trinajstić information content (AvgIpc) is 2.20. The van der Waals surface area contributed by atoms with Gasteiger partial charge in [-0.1, -0.05) is 15.9 Å². The number of hydrogen-bond acceptors (Lipinski definition) is 3. The van der Waals surface area contributed by atoms with E-state index in [1.165, 1.54) is 11.1 Å². The first kappa shape index (κ1) is 14.9.